The van der Waals surface area contributed by atoms with E-state index in [-0.39, 0.29) is 63.2 Å². The van der Waals surface area contributed by atoms with E-state index in [4.69, 9.17) is 4.74 Å². The SMILES string of the molecule is F[B-](F)(F)c1ccccc1OC1CCCCCC1.[K+]. The van der Waals surface area contributed by atoms with Gasteiger partial charge in [-0.1, -0.05) is 36.5 Å². The zero-order valence-corrected chi connectivity index (χ0v) is 14.4. The van der Waals surface area contributed by atoms with E-state index in [1.54, 1.807) is 6.07 Å². The first-order valence-electron chi connectivity index (χ1n) is 6.53. The molecule has 1 aliphatic carbocycles. The summed E-state index contributed by atoms with van der Waals surface area (Å²) < 4.78 is 44.2. The summed E-state index contributed by atoms with van der Waals surface area (Å²) in [5.74, 6) is -0.00287. The van der Waals surface area contributed by atoms with Crippen LogP contribution in [0.25, 0.3) is 0 Å². The molecule has 0 aliphatic heterocycles. The molecular formula is C13H17BF3KO. The van der Waals surface area contributed by atoms with E-state index in [1.165, 1.54) is 12.1 Å². The fourth-order valence-corrected chi connectivity index (χ4v) is 2.40. The van der Waals surface area contributed by atoms with Gasteiger partial charge in [0, 0.05) is 0 Å². The van der Waals surface area contributed by atoms with Gasteiger partial charge in [0.2, 0.25) is 0 Å². The van der Waals surface area contributed by atoms with Gasteiger partial charge in [-0.15, -0.1) is 0 Å². The Kier molecular flexibility index (Phi) is 7.47. The number of para-hydroxylation sites is 1. The maximum atomic E-state index is 12.9. The predicted octanol–water partition coefficient (Wildman–Crippen LogP) is 0.847. The van der Waals surface area contributed by atoms with E-state index in [9.17, 15) is 12.9 Å². The molecule has 6 heteroatoms. The molecule has 0 heterocycles. The molecule has 0 N–H and O–H groups in total. The van der Waals surface area contributed by atoms with Gasteiger partial charge >= 0.3 is 58.4 Å². The van der Waals surface area contributed by atoms with Crippen LogP contribution in [0.4, 0.5) is 12.9 Å². The van der Waals surface area contributed by atoms with Crippen molar-refractivity contribution in [2.24, 2.45) is 0 Å². The Bertz CT molecular complexity index is 390. The van der Waals surface area contributed by atoms with Gasteiger partial charge < -0.3 is 17.7 Å². The summed E-state index contributed by atoms with van der Waals surface area (Å²) in [6.45, 7) is -5.00. The Hall–Kier alpha value is 0.511. The Morgan fingerprint density at radius 3 is 2.11 bits per heavy atom. The van der Waals surface area contributed by atoms with E-state index in [2.05, 4.69) is 0 Å². The number of rotatable bonds is 3. The van der Waals surface area contributed by atoms with Crippen LogP contribution in [0.2, 0.25) is 0 Å². The van der Waals surface area contributed by atoms with Gasteiger partial charge in [-0.05, 0) is 31.7 Å². The van der Waals surface area contributed by atoms with E-state index in [0.717, 1.165) is 44.6 Å². The smallest absolute Gasteiger partial charge is 0.493 e. The minimum Gasteiger partial charge on any atom is -0.493 e. The quantitative estimate of drug-likeness (QED) is 0.593. The van der Waals surface area contributed by atoms with Gasteiger partial charge in [-0.2, -0.15) is 0 Å². The maximum absolute atomic E-state index is 12.9. The molecule has 100 valence electrons. The van der Waals surface area contributed by atoms with Crippen molar-refractivity contribution in [3.05, 3.63) is 24.3 Å². The van der Waals surface area contributed by atoms with Crippen molar-refractivity contribution in [3.63, 3.8) is 0 Å². The topological polar surface area (TPSA) is 9.23 Å². The second-order valence-corrected chi connectivity index (χ2v) is 4.84. The first kappa shape index (κ1) is 17.6. The third-order valence-electron chi connectivity index (χ3n) is 3.37. The van der Waals surface area contributed by atoms with Crippen LogP contribution in [0.1, 0.15) is 38.5 Å². The predicted molar refractivity (Wildman–Crippen MR) is 67.3 cm³/mol. The third-order valence-corrected chi connectivity index (χ3v) is 3.37. The molecule has 0 unspecified atom stereocenters. The average molecular weight is 296 g/mol. The van der Waals surface area contributed by atoms with E-state index in [0.29, 0.717) is 0 Å². The van der Waals surface area contributed by atoms with Crippen LogP contribution < -0.4 is 61.6 Å². The molecule has 0 radical (unpaired) electrons. The zero-order valence-electron chi connectivity index (χ0n) is 11.2. The van der Waals surface area contributed by atoms with E-state index < -0.39 is 12.4 Å². The molecule has 0 saturated heterocycles. The number of halogens is 3. The molecule has 0 atom stereocenters. The van der Waals surface area contributed by atoms with Crippen LogP contribution in [0.5, 0.6) is 5.75 Å². The molecule has 0 aromatic heterocycles. The van der Waals surface area contributed by atoms with Crippen molar-refractivity contribution < 1.29 is 69.1 Å². The number of ether oxygens (including phenoxy) is 1. The van der Waals surface area contributed by atoms with Gasteiger partial charge in [0.05, 0.1) is 11.9 Å². The molecule has 1 saturated carbocycles. The Labute approximate surface area is 154 Å². The molecule has 1 nitrogen and oxygen atoms in total. The van der Waals surface area contributed by atoms with Crippen LogP contribution in [-0.2, 0) is 0 Å². The van der Waals surface area contributed by atoms with Crippen molar-refractivity contribution in [3.8, 4) is 5.75 Å². The average Bonchev–Trinajstić information content (AvgIpc) is 2.57. The van der Waals surface area contributed by atoms with Crippen LogP contribution in [0.15, 0.2) is 24.3 Å². The van der Waals surface area contributed by atoms with Gasteiger partial charge in [-0.3, -0.25) is 0 Å². The molecule has 1 fully saturated rings. The summed E-state index contributed by atoms with van der Waals surface area (Å²) in [7, 11) is 0. The summed E-state index contributed by atoms with van der Waals surface area (Å²) >= 11 is 0. The molecule has 0 amide bonds. The molecule has 1 aliphatic rings. The largest absolute Gasteiger partial charge is 1.00 e. The Morgan fingerprint density at radius 2 is 1.53 bits per heavy atom. The Morgan fingerprint density at radius 1 is 0.947 bits per heavy atom. The van der Waals surface area contributed by atoms with Crippen LogP contribution in [-0.4, -0.2) is 13.1 Å². The summed E-state index contributed by atoms with van der Waals surface area (Å²) in [6, 6.07) is 5.53. The molecule has 0 spiro atoms. The monoisotopic (exact) mass is 296 g/mol. The standard InChI is InChI=1S/C13H17BF3O.K/c15-14(16,17)12-9-5-6-10-13(12)18-11-7-3-1-2-4-8-11;/h5-6,9-11H,1-4,7-8H2;/q-1;+1. The zero-order chi connectivity index (χ0) is 13.0. The van der Waals surface area contributed by atoms with Gasteiger partial charge in [-0.25, -0.2) is 0 Å². The minimum absolute atomic E-state index is 0. The van der Waals surface area contributed by atoms with Crippen molar-refractivity contribution in [2.45, 2.75) is 44.6 Å². The first-order chi connectivity index (χ1) is 8.57. The van der Waals surface area contributed by atoms with Crippen molar-refractivity contribution in [2.75, 3.05) is 0 Å². The molecule has 19 heavy (non-hydrogen) atoms. The number of benzene rings is 1. The third kappa shape index (κ3) is 5.42. The Balaban J connectivity index is 0.00000180. The molecule has 1 aromatic carbocycles. The summed E-state index contributed by atoms with van der Waals surface area (Å²) in [4.78, 5) is 0. The van der Waals surface area contributed by atoms with Crippen molar-refractivity contribution in [1.29, 1.82) is 0 Å². The normalized spacial score (nSPS) is 17.4. The van der Waals surface area contributed by atoms with Crippen LogP contribution in [0.3, 0.4) is 0 Å². The molecule has 1 aromatic rings. The molecule has 2 rings (SSSR count). The summed E-state index contributed by atoms with van der Waals surface area (Å²) in [5, 5.41) is 0. The maximum Gasteiger partial charge on any atom is 1.00 e. The van der Waals surface area contributed by atoms with E-state index in [1.807, 2.05) is 0 Å². The molecular weight excluding hydrogens is 279 g/mol. The second-order valence-electron chi connectivity index (χ2n) is 4.84. The van der Waals surface area contributed by atoms with E-state index >= 15 is 0 Å². The minimum atomic E-state index is -5.00. The number of hydrogen-bond acceptors (Lipinski definition) is 1. The van der Waals surface area contributed by atoms with Crippen molar-refractivity contribution >= 4 is 12.4 Å². The fourth-order valence-electron chi connectivity index (χ4n) is 2.40. The fraction of sp³-hybridized carbons (Fsp3) is 0.538. The van der Waals surface area contributed by atoms with Crippen LogP contribution in [0, 0.1) is 0 Å². The van der Waals surface area contributed by atoms with Crippen LogP contribution >= 0.6 is 0 Å². The van der Waals surface area contributed by atoms with Gasteiger partial charge in [0.25, 0.3) is 0 Å². The number of hydrogen-bond donors (Lipinski definition) is 0. The first-order valence-corrected chi connectivity index (χ1v) is 6.53. The molecule has 0 bridgehead atoms. The van der Waals surface area contributed by atoms with Gasteiger partial charge in [0.15, 0.2) is 0 Å². The summed E-state index contributed by atoms with van der Waals surface area (Å²) in [6.07, 6.45) is 6.06. The van der Waals surface area contributed by atoms with Crippen molar-refractivity contribution in [1.82, 2.24) is 0 Å². The second kappa shape index (κ2) is 8.08. The summed E-state index contributed by atoms with van der Waals surface area (Å²) in [5.41, 5.74) is -0.609. The van der Waals surface area contributed by atoms with Gasteiger partial charge in [0.1, 0.15) is 0 Å².